The second-order valence-corrected chi connectivity index (χ2v) is 4.01. The summed E-state index contributed by atoms with van der Waals surface area (Å²) in [7, 11) is 0. The summed E-state index contributed by atoms with van der Waals surface area (Å²) in [6.07, 6.45) is 0. The number of nitrogens with two attached hydrogens (primary N) is 1. The maximum absolute atomic E-state index is 11.3. The molecule has 1 amide bonds. The van der Waals surface area contributed by atoms with Crippen LogP contribution in [0.3, 0.4) is 0 Å². The summed E-state index contributed by atoms with van der Waals surface area (Å²) in [5, 5.41) is 10.7. The predicted molar refractivity (Wildman–Crippen MR) is 66.2 cm³/mol. The van der Waals surface area contributed by atoms with Crippen molar-refractivity contribution in [2.75, 3.05) is 13.2 Å². The molecule has 90 valence electrons. The fourth-order valence-electron chi connectivity index (χ4n) is 1.20. The number of nitrogens with zero attached hydrogens (tertiary/aromatic N) is 1. The van der Waals surface area contributed by atoms with Gasteiger partial charge in [0.15, 0.2) is 6.61 Å². The minimum Gasteiger partial charge on any atom is -0.482 e. The number of nitriles is 1. The molecule has 0 aliphatic carbocycles. The lowest BCUT2D eigenvalue weighted by atomic mass is 10.2. The van der Waals surface area contributed by atoms with Crippen molar-refractivity contribution >= 4 is 21.8 Å². The number of nitrogens with one attached hydrogen (secondary N) is 1. The lowest BCUT2D eigenvalue weighted by Crippen LogP contribution is -2.29. The van der Waals surface area contributed by atoms with Gasteiger partial charge in [-0.1, -0.05) is 12.1 Å². The van der Waals surface area contributed by atoms with Crippen molar-refractivity contribution in [3.63, 3.8) is 0 Å². The lowest BCUT2D eigenvalue weighted by molar-refractivity contribution is -0.122. The Bertz CT molecular complexity index is 443. The van der Waals surface area contributed by atoms with E-state index in [2.05, 4.69) is 21.2 Å². The Balaban J connectivity index is 2.63. The SMILES string of the molecule is N#CCNC(=O)COc1c(Br)cccc1CN. The molecule has 0 heterocycles. The smallest absolute Gasteiger partial charge is 0.258 e. The minimum absolute atomic E-state index is 0.0259. The van der Waals surface area contributed by atoms with Gasteiger partial charge in [-0.2, -0.15) is 5.26 Å². The molecule has 0 spiro atoms. The number of ether oxygens (including phenoxy) is 1. The number of hydrogen-bond acceptors (Lipinski definition) is 4. The zero-order valence-corrected chi connectivity index (χ0v) is 10.7. The van der Waals surface area contributed by atoms with E-state index in [9.17, 15) is 4.79 Å². The molecule has 0 bridgehead atoms. The third kappa shape index (κ3) is 4.06. The molecule has 6 heteroatoms. The molecule has 0 saturated carbocycles. The van der Waals surface area contributed by atoms with E-state index in [0.29, 0.717) is 12.3 Å². The number of rotatable bonds is 5. The molecule has 0 saturated heterocycles. The maximum Gasteiger partial charge on any atom is 0.258 e. The molecule has 5 nitrogen and oxygen atoms in total. The van der Waals surface area contributed by atoms with Gasteiger partial charge in [-0.3, -0.25) is 4.79 Å². The van der Waals surface area contributed by atoms with E-state index in [1.807, 2.05) is 24.3 Å². The van der Waals surface area contributed by atoms with Crippen LogP contribution in [0.15, 0.2) is 22.7 Å². The molecule has 0 unspecified atom stereocenters. The number of amides is 1. The van der Waals surface area contributed by atoms with E-state index >= 15 is 0 Å². The molecule has 1 rings (SSSR count). The maximum atomic E-state index is 11.3. The number of halogens is 1. The highest BCUT2D eigenvalue weighted by Gasteiger charge is 2.09. The molecule has 0 radical (unpaired) electrons. The predicted octanol–water partition coefficient (Wildman–Crippen LogP) is 0.926. The van der Waals surface area contributed by atoms with Crippen LogP contribution in [0.4, 0.5) is 0 Å². The standard InChI is InChI=1S/C11H12BrN3O2/c12-9-3-1-2-8(6-14)11(9)17-7-10(16)15-5-4-13/h1-3H,5-7,14H2,(H,15,16). The van der Waals surface area contributed by atoms with E-state index in [1.165, 1.54) is 0 Å². The second-order valence-electron chi connectivity index (χ2n) is 3.16. The van der Waals surface area contributed by atoms with Crippen LogP contribution in [0.25, 0.3) is 0 Å². The first-order valence-corrected chi connectivity index (χ1v) is 5.72. The summed E-state index contributed by atoms with van der Waals surface area (Å²) in [4.78, 5) is 11.3. The third-order valence-electron chi connectivity index (χ3n) is 1.98. The highest BCUT2D eigenvalue weighted by atomic mass is 79.9. The van der Waals surface area contributed by atoms with E-state index in [-0.39, 0.29) is 19.1 Å². The van der Waals surface area contributed by atoms with Gasteiger partial charge in [0.05, 0.1) is 10.5 Å². The summed E-state index contributed by atoms with van der Waals surface area (Å²) >= 11 is 3.33. The molecule has 1 aromatic carbocycles. The van der Waals surface area contributed by atoms with Gasteiger partial charge >= 0.3 is 0 Å². The zero-order valence-electron chi connectivity index (χ0n) is 9.07. The van der Waals surface area contributed by atoms with E-state index < -0.39 is 0 Å². The molecule has 0 fully saturated rings. The largest absolute Gasteiger partial charge is 0.482 e. The number of carbonyl (C=O) groups is 1. The molecule has 3 N–H and O–H groups in total. The number of benzene rings is 1. The van der Waals surface area contributed by atoms with Gasteiger partial charge in [0.25, 0.3) is 5.91 Å². The van der Waals surface area contributed by atoms with Crippen molar-refractivity contribution in [3.05, 3.63) is 28.2 Å². The van der Waals surface area contributed by atoms with Crippen LogP contribution in [0, 0.1) is 11.3 Å². The first-order chi connectivity index (χ1) is 8.19. The van der Waals surface area contributed by atoms with E-state index in [0.717, 1.165) is 10.0 Å². The van der Waals surface area contributed by atoms with Crippen LogP contribution in [0.1, 0.15) is 5.56 Å². The van der Waals surface area contributed by atoms with E-state index in [1.54, 1.807) is 0 Å². The Morgan fingerprint density at radius 2 is 2.35 bits per heavy atom. The van der Waals surface area contributed by atoms with Gasteiger partial charge in [-0.25, -0.2) is 0 Å². The van der Waals surface area contributed by atoms with Gasteiger partial charge < -0.3 is 15.8 Å². The molecule has 17 heavy (non-hydrogen) atoms. The highest BCUT2D eigenvalue weighted by Crippen LogP contribution is 2.28. The molecule has 0 aliphatic heterocycles. The quantitative estimate of drug-likeness (QED) is 0.791. The van der Waals surface area contributed by atoms with Gasteiger partial charge in [0.1, 0.15) is 12.3 Å². The summed E-state index contributed by atoms with van der Waals surface area (Å²) in [6, 6.07) is 7.29. The van der Waals surface area contributed by atoms with Gasteiger partial charge in [0.2, 0.25) is 0 Å². The van der Waals surface area contributed by atoms with Crippen molar-refractivity contribution in [3.8, 4) is 11.8 Å². The summed E-state index contributed by atoms with van der Waals surface area (Å²) in [6.45, 7) is 0.160. The number of hydrogen-bond donors (Lipinski definition) is 2. The van der Waals surface area contributed by atoms with Crippen LogP contribution >= 0.6 is 15.9 Å². The normalized spacial score (nSPS) is 9.47. The highest BCUT2D eigenvalue weighted by molar-refractivity contribution is 9.10. The Kier molecular flexibility index (Phi) is 5.46. The zero-order chi connectivity index (χ0) is 12.7. The van der Waals surface area contributed by atoms with Crippen molar-refractivity contribution < 1.29 is 9.53 Å². The number of para-hydroxylation sites is 1. The van der Waals surface area contributed by atoms with E-state index in [4.69, 9.17) is 15.7 Å². The summed E-state index contributed by atoms with van der Waals surface area (Å²) in [5.74, 6) is 0.215. The van der Waals surface area contributed by atoms with Crippen molar-refractivity contribution in [2.24, 2.45) is 5.73 Å². The Hall–Kier alpha value is -1.58. The molecule has 0 aromatic heterocycles. The van der Waals surface area contributed by atoms with Gasteiger partial charge in [0, 0.05) is 12.1 Å². The molecular formula is C11H12BrN3O2. The Labute approximate surface area is 108 Å². The molecule has 0 atom stereocenters. The Morgan fingerprint density at radius 1 is 1.59 bits per heavy atom. The summed E-state index contributed by atoms with van der Waals surface area (Å²) in [5.41, 5.74) is 6.37. The van der Waals surface area contributed by atoms with Crippen LogP contribution in [0.2, 0.25) is 0 Å². The van der Waals surface area contributed by atoms with Crippen molar-refractivity contribution in [1.29, 1.82) is 5.26 Å². The Morgan fingerprint density at radius 3 is 3.00 bits per heavy atom. The second kappa shape index (κ2) is 6.89. The first-order valence-electron chi connectivity index (χ1n) is 4.93. The number of carbonyl (C=O) groups excluding carboxylic acids is 1. The topological polar surface area (TPSA) is 88.1 Å². The van der Waals surface area contributed by atoms with Crippen molar-refractivity contribution in [1.82, 2.24) is 5.32 Å². The van der Waals surface area contributed by atoms with Gasteiger partial charge in [-0.15, -0.1) is 0 Å². The molecule has 1 aromatic rings. The van der Waals surface area contributed by atoms with Gasteiger partial charge in [-0.05, 0) is 22.0 Å². The van der Waals surface area contributed by atoms with Crippen LogP contribution < -0.4 is 15.8 Å². The molecular weight excluding hydrogens is 286 g/mol. The third-order valence-corrected chi connectivity index (χ3v) is 2.61. The lowest BCUT2D eigenvalue weighted by Gasteiger charge is -2.11. The summed E-state index contributed by atoms with van der Waals surface area (Å²) < 4.78 is 6.11. The van der Waals surface area contributed by atoms with Crippen molar-refractivity contribution in [2.45, 2.75) is 6.54 Å². The monoisotopic (exact) mass is 297 g/mol. The molecule has 0 aliphatic rings. The first kappa shape index (κ1) is 13.5. The van der Waals surface area contributed by atoms with Crippen LogP contribution in [0.5, 0.6) is 5.75 Å². The van der Waals surface area contributed by atoms with Crippen LogP contribution in [-0.2, 0) is 11.3 Å². The fraction of sp³-hybridized carbons (Fsp3) is 0.273. The van der Waals surface area contributed by atoms with Crippen LogP contribution in [-0.4, -0.2) is 19.1 Å². The average molecular weight is 298 g/mol. The fourth-order valence-corrected chi connectivity index (χ4v) is 1.72. The average Bonchev–Trinajstić information content (AvgIpc) is 2.34. The minimum atomic E-state index is -0.342.